The van der Waals surface area contributed by atoms with Crippen molar-refractivity contribution in [2.75, 3.05) is 0 Å². The Morgan fingerprint density at radius 2 is 1.38 bits per heavy atom. The summed E-state index contributed by atoms with van der Waals surface area (Å²) in [6.45, 7) is 2.23. The van der Waals surface area contributed by atoms with Crippen LogP contribution in [0.25, 0.3) is 33.0 Å². The molecular weight excluding hydrogens is 393 g/mol. The summed E-state index contributed by atoms with van der Waals surface area (Å²) in [7, 11) is 0. The molecule has 4 rings (SSSR count). The zero-order valence-electron chi connectivity index (χ0n) is 18.6. The third-order valence-corrected chi connectivity index (χ3v) is 6.13. The molecule has 0 unspecified atom stereocenters. The van der Waals surface area contributed by atoms with Gasteiger partial charge in [0.05, 0.1) is 11.6 Å². The van der Waals surface area contributed by atoms with Gasteiger partial charge in [-0.2, -0.15) is 5.26 Å². The van der Waals surface area contributed by atoms with Gasteiger partial charge >= 0.3 is 0 Å². The zero-order chi connectivity index (χ0) is 22.3. The fraction of sp³-hybridized carbons (Fsp3) is 0.233. The van der Waals surface area contributed by atoms with Crippen LogP contribution in [-0.4, -0.2) is 0 Å². The highest BCUT2D eigenvalue weighted by Crippen LogP contribution is 2.31. The Hall–Kier alpha value is -3.44. The molecule has 0 fully saturated rings. The van der Waals surface area contributed by atoms with E-state index in [1.54, 1.807) is 0 Å². The number of unbranched alkanes of at least 4 members (excludes halogenated alkanes) is 4. The third-order valence-electron chi connectivity index (χ3n) is 6.13. The number of fused-ring (bicyclic) bond motifs is 1. The number of benzene rings is 4. The Morgan fingerprint density at radius 3 is 2.06 bits per heavy atom. The van der Waals surface area contributed by atoms with Crippen molar-refractivity contribution in [2.45, 2.75) is 45.4 Å². The van der Waals surface area contributed by atoms with Gasteiger partial charge in [0, 0.05) is 10.9 Å². The molecule has 0 aliphatic heterocycles. The van der Waals surface area contributed by atoms with Crippen molar-refractivity contribution in [3.8, 4) is 28.3 Å². The molecule has 1 nitrogen and oxygen atoms in total. The number of nitriles is 1. The van der Waals surface area contributed by atoms with Crippen molar-refractivity contribution in [3.63, 3.8) is 0 Å². The average molecular weight is 422 g/mol. The number of hydrogen-bond acceptors (Lipinski definition) is 1. The molecule has 0 amide bonds. The molecule has 0 radical (unpaired) electrons. The fourth-order valence-electron chi connectivity index (χ4n) is 4.23. The summed E-state index contributed by atoms with van der Waals surface area (Å²) in [6, 6.07) is 27.6. The minimum atomic E-state index is -0.164. The second kappa shape index (κ2) is 10.2. The molecule has 0 N–H and O–H groups in total. The molecule has 0 aliphatic carbocycles. The van der Waals surface area contributed by atoms with Gasteiger partial charge in [-0.25, -0.2) is 4.39 Å². The first kappa shape index (κ1) is 21.8. The SMILES string of the molecule is CCCCCCCc1ccc2c(F)c(-c3ccc(-c4ccc(C#N)cc4)cc3)ccc2c1. The standard InChI is InChI=1S/C30H28FN/c1-2-3-4-5-6-7-22-10-18-29-27(20-22)17-19-28(30(29)31)26-15-13-25(14-16-26)24-11-8-23(21-32)9-12-24/h8-20H,2-7H2,1H3. The summed E-state index contributed by atoms with van der Waals surface area (Å²) in [5.41, 5.74) is 5.49. The Bertz CT molecular complexity index is 1230. The van der Waals surface area contributed by atoms with E-state index in [1.807, 2.05) is 66.7 Å². The predicted octanol–water partition coefficient (Wildman–Crippen LogP) is 8.70. The van der Waals surface area contributed by atoms with E-state index in [-0.39, 0.29) is 5.82 Å². The number of rotatable bonds is 8. The van der Waals surface area contributed by atoms with E-state index in [4.69, 9.17) is 5.26 Å². The van der Waals surface area contributed by atoms with Crippen LogP contribution in [0.1, 0.15) is 50.2 Å². The van der Waals surface area contributed by atoms with Crippen LogP contribution in [0.15, 0.2) is 78.9 Å². The number of hydrogen-bond donors (Lipinski definition) is 0. The van der Waals surface area contributed by atoms with Gasteiger partial charge < -0.3 is 0 Å². The minimum Gasteiger partial charge on any atom is -0.206 e. The monoisotopic (exact) mass is 421 g/mol. The van der Waals surface area contributed by atoms with E-state index >= 15 is 4.39 Å². The van der Waals surface area contributed by atoms with E-state index in [2.05, 4.69) is 25.1 Å². The molecule has 2 heteroatoms. The summed E-state index contributed by atoms with van der Waals surface area (Å²) in [6.07, 6.45) is 7.37. The van der Waals surface area contributed by atoms with Gasteiger partial charge in [0.25, 0.3) is 0 Å². The number of nitrogens with zero attached hydrogens (tertiary/aromatic N) is 1. The molecule has 32 heavy (non-hydrogen) atoms. The van der Waals surface area contributed by atoms with Crippen molar-refractivity contribution < 1.29 is 4.39 Å². The maximum absolute atomic E-state index is 15.4. The van der Waals surface area contributed by atoms with Crippen molar-refractivity contribution in [1.82, 2.24) is 0 Å². The van der Waals surface area contributed by atoms with Gasteiger partial charge in [-0.3, -0.25) is 0 Å². The van der Waals surface area contributed by atoms with Gasteiger partial charge in [0.15, 0.2) is 0 Å². The van der Waals surface area contributed by atoms with Crippen LogP contribution < -0.4 is 0 Å². The zero-order valence-corrected chi connectivity index (χ0v) is 18.6. The van der Waals surface area contributed by atoms with Crippen LogP contribution in [0.3, 0.4) is 0 Å². The molecule has 0 aliphatic rings. The lowest BCUT2D eigenvalue weighted by atomic mass is 9.96. The van der Waals surface area contributed by atoms with E-state index < -0.39 is 0 Å². The van der Waals surface area contributed by atoms with Gasteiger partial charge in [-0.1, -0.05) is 99.3 Å². The van der Waals surface area contributed by atoms with Crippen LogP contribution in [0.5, 0.6) is 0 Å². The van der Waals surface area contributed by atoms with Crippen molar-refractivity contribution in [1.29, 1.82) is 5.26 Å². The predicted molar refractivity (Wildman–Crippen MR) is 132 cm³/mol. The quantitative estimate of drug-likeness (QED) is 0.261. The molecular formula is C30H28FN. The summed E-state index contributed by atoms with van der Waals surface area (Å²) < 4.78 is 15.4. The first-order valence-electron chi connectivity index (χ1n) is 11.5. The van der Waals surface area contributed by atoms with E-state index in [9.17, 15) is 0 Å². The minimum absolute atomic E-state index is 0.164. The molecule has 0 atom stereocenters. The van der Waals surface area contributed by atoms with Crippen molar-refractivity contribution >= 4 is 10.8 Å². The molecule has 4 aromatic rings. The van der Waals surface area contributed by atoms with E-state index in [1.165, 1.54) is 37.7 Å². The smallest absolute Gasteiger partial charge is 0.138 e. The average Bonchev–Trinajstić information content (AvgIpc) is 2.84. The van der Waals surface area contributed by atoms with E-state index in [0.717, 1.165) is 28.5 Å². The maximum atomic E-state index is 15.4. The molecule has 0 spiro atoms. The van der Waals surface area contributed by atoms with E-state index in [0.29, 0.717) is 16.5 Å². The van der Waals surface area contributed by atoms with Crippen LogP contribution >= 0.6 is 0 Å². The van der Waals surface area contributed by atoms with Crippen LogP contribution in [0.4, 0.5) is 4.39 Å². The maximum Gasteiger partial charge on any atom is 0.138 e. The molecule has 4 aromatic carbocycles. The normalized spacial score (nSPS) is 10.9. The van der Waals surface area contributed by atoms with Crippen molar-refractivity contribution in [2.24, 2.45) is 0 Å². The number of halogens is 1. The molecule has 160 valence electrons. The Balaban J connectivity index is 1.53. The second-order valence-corrected chi connectivity index (χ2v) is 8.41. The first-order chi connectivity index (χ1) is 15.7. The molecule has 0 bridgehead atoms. The molecule has 0 aromatic heterocycles. The second-order valence-electron chi connectivity index (χ2n) is 8.41. The lowest BCUT2D eigenvalue weighted by Gasteiger charge is -2.10. The molecule has 0 heterocycles. The summed E-state index contributed by atoms with van der Waals surface area (Å²) in [4.78, 5) is 0. The molecule has 0 saturated carbocycles. The third kappa shape index (κ3) is 4.89. The topological polar surface area (TPSA) is 23.8 Å². The van der Waals surface area contributed by atoms with Crippen LogP contribution in [-0.2, 0) is 6.42 Å². The Labute approximate surface area is 190 Å². The highest BCUT2D eigenvalue weighted by Gasteiger charge is 2.10. The fourth-order valence-corrected chi connectivity index (χ4v) is 4.23. The first-order valence-corrected chi connectivity index (χ1v) is 11.5. The summed E-state index contributed by atoms with van der Waals surface area (Å²) >= 11 is 0. The van der Waals surface area contributed by atoms with Crippen LogP contribution in [0.2, 0.25) is 0 Å². The van der Waals surface area contributed by atoms with Crippen LogP contribution in [0, 0.1) is 17.1 Å². The van der Waals surface area contributed by atoms with Crippen molar-refractivity contribution in [3.05, 3.63) is 95.8 Å². The Morgan fingerprint density at radius 1 is 0.719 bits per heavy atom. The largest absolute Gasteiger partial charge is 0.206 e. The highest BCUT2D eigenvalue weighted by molar-refractivity contribution is 5.89. The summed E-state index contributed by atoms with van der Waals surface area (Å²) in [5, 5.41) is 10.6. The van der Waals surface area contributed by atoms with Gasteiger partial charge in [0.1, 0.15) is 5.82 Å². The number of aryl methyl sites for hydroxylation is 1. The van der Waals surface area contributed by atoms with Gasteiger partial charge in [-0.05, 0) is 52.6 Å². The highest BCUT2D eigenvalue weighted by atomic mass is 19.1. The van der Waals surface area contributed by atoms with Gasteiger partial charge in [0.2, 0.25) is 0 Å². The Kier molecular flexibility index (Phi) is 6.97. The molecule has 0 saturated heterocycles. The lowest BCUT2D eigenvalue weighted by Crippen LogP contribution is -1.90. The van der Waals surface area contributed by atoms with Gasteiger partial charge in [-0.15, -0.1) is 0 Å². The summed E-state index contributed by atoms with van der Waals surface area (Å²) in [5.74, 6) is -0.164. The lowest BCUT2D eigenvalue weighted by molar-refractivity contribution is 0.632.